The van der Waals surface area contributed by atoms with Crippen molar-refractivity contribution < 1.29 is 9.90 Å². The van der Waals surface area contributed by atoms with Crippen LogP contribution in [0.15, 0.2) is 12.1 Å². The Labute approximate surface area is 116 Å². The van der Waals surface area contributed by atoms with E-state index >= 15 is 0 Å². The number of carboxylic acids is 1. The Morgan fingerprint density at radius 3 is 2.05 bits per heavy atom. The lowest BCUT2D eigenvalue weighted by Gasteiger charge is -2.13. The van der Waals surface area contributed by atoms with Crippen molar-refractivity contribution in [1.82, 2.24) is 0 Å². The summed E-state index contributed by atoms with van der Waals surface area (Å²) in [5.74, 6) is -0.964. The lowest BCUT2D eigenvalue weighted by atomic mass is 9.93. The first-order chi connectivity index (χ1) is 8.82. The summed E-state index contributed by atoms with van der Waals surface area (Å²) < 4.78 is 0. The molecule has 1 aromatic heterocycles. The molecule has 100 valence electrons. The first kappa shape index (κ1) is 13.6. The van der Waals surface area contributed by atoms with Crippen LogP contribution in [-0.4, -0.2) is 11.1 Å². The number of hydrogen-bond acceptors (Lipinski definition) is 3. The van der Waals surface area contributed by atoms with Gasteiger partial charge in [-0.15, -0.1) is 11.3 Å². The molecule has 0 aliphatic rings. The van der Waals surface area contributed by atoms with Crippen molar-refractivity contribution in [2.75, 3.05) is 5.73 Å². The largest absolute Gasteiger partial charge is 0.477 e. The van der Waals surface area contributed by atoms with Gasteiger partial charge in [-0.3, -0.25) is 0 Å². The molecule has 0 aliphatic heterocycles. The molecule has 0 atom stereocenters. The number of benzene rings is 1. The number of nitrogen functional groups attached to an aromatic ring is 1. The van der Waals surface area contributed by atoms with E-state index in [9.17, 15) is 4.79 Å². The van der Waals surface area contributed by atoms with E-state index in [1.165, 1.54) is 33.6 Å². The molecule has 3 nitrogen and oxygen atoms in total. The van der Waals surface area contributed by atoms with Crippen LogP contribution in [0.5, 0.6) is 0 Å². The lowest BCUT2D eigenvalue weighted by molar-refractivity contribution is 0.0703. The molecule has 0 radical (unpaired) electrons. The summed E-state index contributed by atoms with van der Waals surface area (Å²) in [6.45, 7) is 8.27. The molecule has 1 aromatic carbocycles. The minimum atomic E-state index is -0.964. The SMILES string of the molecule is Cc1cc(C)c(C)c(-c2cc(N)c(C(=O)O)s2)c1C. The van der Waals surface area contributed by atoms with Gasteiger partial charge in [0.25, 0.3) is 0 Å². The van der Waals surface area contributed by atoms with Crippen molar-refractivity contribution in [3.05, 3.63) is 39.3 Å². The van der Waals surface area contributed by atoms with Gasteiger partial charge in [0.15, 0.2) is 0 Å². The summed E-state index contributed by atoms with van der Waals surface area (Å²) in [5.41, 5.74) is 12.0. The van der Waals surface area contributed by atoms with Crippen molar-refractivity contribution in [1.29, 1.82) is 0 Å². The zero-order chi connectivity index (χ0) is 14.3. The number of thiophene rings is 1. The molecule has 0 spiro atoms. The highest BCUT2D eigenvalue weighted by Crippen LogP contribution is 2.38. The Bertz CT molecular complexity index is 645. The molecule has 0 aliphatic carbocycles. The van der Waals surface area contributed by atoms with Gasteiger partial charge in [0.05, 0.1) is 5.69 Å². The van der Waals surface area contributed by atoms with E-state index in [0.717, 1.165) is 10.4 Å². The van der Waals surface area contributed by atoms with Gasteiger partial charge in [-0.1, -0.05) is 6.07 Å². The second-order valence-electron chi connectivity index (χ2n) is 4.84. The van der Waals surface area contributed by atoms with Crippen molar-refractivity contribution >= 4 is 23.0 Å². The van der Waals surface area contributed by atoms with E-state index in [1.807, 2.05) is 0 Å². The minimum Gasteiger partial charge on any atom is -0.477 e. The Morgan fingerprint density at radius 2 is 1.63 bits per heavy atom. The minimum absolute atomic E-state index is 0.216. The zero-order valence-corrected chi connectivity index (χ0v) is 12.3. The van der Waals surface area contributed by atoms with Gasteiger partial charge >= 0.3 is 5.97 Å². The van der Waals surface area contributed by atoms with E-state index in [-0.39, 0.29) is 4.88 Å². The maximum Gasteiger partial charge on any atom is 0.348 e. The van der Waals surface area contributed by atoms with Crippen LogP contribution in [0.25, 0.3) is 10.4 Å². The van der Waals surface area contributed by atoms with Crippen molar-refractivity contribution in [2.45, 2.75) is 27.7 Å². The number of carbonyl (C=O) groups is 1. The highest BCUT2D eigenvalue weighted by Gasteiger charge is 2.17. The van der Waals surface area contributed by atoms with Gasteiger partial charge in [0, 0.05) is 4.88 Å². The predicted molar refractivity (Wildman–Crippen MR) is 80.1 cm³/mol. The van der Waals surface area contributed by atoms with E-state index in [2.05, 4.69) is 33.8 Å². The van der Waals surface area contributed by atoms with Crippen LogP contribution in [-0.2, 0) is 0 Å². The molecule has 19 heavy (non-hydrogen) atoms. The van der Waals surface area contributed by atoms with Gasteiger partial charge in [0.2, 0.25) is 0 Å². The number of nitrogens with two attached hydrogens (primary N) is 1. The maximum atomic E-state index is 11.1. The van der Waals surface area contributed by atoms with Crippen LogP contribution in [0.4, 0.5) is 5.69 Å². The zero-order valence-electron chi connectivity index (χ0n) is 11.5. The highest BCUT2D eigenvalue weighted by molar-refractivity contribution is 7.18. The molecule has 0 fully saturated rings. The Kier molecular flexibility index (Phi) is 3.37. The maximum absolute atomic E-state index is 11.1. The van der Waals surface area contributed by atoms with Crippen LogP contribution in [0.3, 0.4) is 0 Å². The fraction of sp³-hybridized carbons (Fsp3) is 0.267. The molecule has 0 saturated heterocycles. The first-order valence-corrected chi connectivity index (χ1v) is 6.85. The molecule has 2 rings (SSSR count). The topological polar surface area (TPSA) is 63.3 Å². The molecule has 1 heterocycles. The number of hydrogen-bond donors (Lipinski definition) is 2. The van der Waals surface area contributed by atoms with Crippen LogP contribution >= 0.6 is 11.3 Å². The number of aryl methyl sites for hydroxylation is 2. The first-order valence-electron chi connectivity index (χ1n) is 6.03. The fourth-order valence-corrected chi connectivity index (χ4v) is 3.36. The van der Waals surface area contributed by atoms with Gasteiger partial charge in [-0.2, -0.15) is 0 Å². The van der Waals surface area contributed by atoms with Crippen LogP contribution in [0.1, 0.15) is 31.9 Å². The molecule has 0 bridgehead atoms. The third-order valence-corrected chi connectivity index (χ3v) is 4.72. The molecule has 2 aromatic rings. The highest BCUT2D eigenvalue weighted by atomic mass is 32.1. The molecule has 3 N–H and O–H groups in total. The number of rotatable bonds is 2. The quantitative estimate of drug-likeness (QED) is 0.872. The monoisotopic (exact) mass is 275 g/mol. The smallest absolute Gasteiger partial charge is 0.348 e. The van der Waals surface area contributed by atoms with E-state index in [4.69, 9.17) is 10.8 Å². The average Bonchev–Trinajstić information content (AvgIpc) is 2.69. The summed E-state index contributed by atoms with van der Waals surface area (Å²) in [6, 6.07) is 3.92. The van der Waals surface area contributed by atoms with E-state index < -0.39 is 5.97 Å². The molecule has 0 unspecified atom stereocenters. The van der Waals surface area contributed by atoms with Gasteiger partial charge in [-0.25, -0.2) is 4.79 Å². The third kappa shape index (κ3) is 2.24. The average molecular weight is 275 g/mol. The Morgan fingerprint density at radius 1 is 1.11 bits per heavy atom. The van der Waals surface area contributed by atoms with Gasteiger partial charge in [-0.05, 0) is 61.6 Å². The van der Waals surface area contributed by atoms with Crippen LogP contribution in [0, 0.1) is 27.7 Å². The summed E-state index contributed by atoms with van der Waals surface area (Å²) >= 11 is 1.24. The van der Waals surface area contributed by atoms with Crippen molar-refractivity contribution in [3.63, 3.8) is 0 Å². The molecular formula is C15H17NO2S. The molecule has 0 amide bonds. The van der Waals surface area contributed by atoms with Gasteiger partial charge in [0.1, 0.15) is 4.88 Å². The summed E-state index contributed by atoms with van der Waals surface area (Å²) in [5, 5.41) is 9.10. The standard InChI is InChI=1S/C15H17NO2S/c1-7-5-8(2)10(4)13(9(7)3)12-6-11(16)14(19-12)15(17)18/h5-6H,16H2,1-4H3,(H,17,18). The summed E-state index contributed by atoms with van der Waals surface area (Å²) in [6.07, 6.45) is 0. The Balaban J connectivity index is 2.72. The van der Waals surface area contributed by atoms with Crippen LogP contribution in [0.2, 0.25) is 0 Å². The fourth-order valence-electron chi connectivity index (χ4n) is 2.28. The van der Waals surface area contributed by atoms with Crippen LogP contribution < -0.4 is 5.73 Å². The lowest BCUT2D eigenvalue weighted by Crippen LogP contribution is -1.96. The second kappa shape index (κ2) is 4.70. The molecular weight excluding hydrogens is 258 g/mol. The number of anilines is 1. The molecule has 4 heteroatoms. The van der Waals surface area contributed by atoms with Crippen molar-refractivity contribution in [3.8, 4) is 10.4 Å². The van der Waals surface area contributed by atoms with Crippen molar-refractivity contribution in [2.24, 2.45) is 0 Å². The van der Waals surface area contributed by atoms with E-state index in [0.29, 0.717) is 5.69 Å². The summed E-state index contributed by atoms with van der Waals surface area (Å²) in [4.78, 5) is 12.2. The summed E-state index contributed by atoms with van der Waals surface area (Å²) in [7, 11) is 0. The Hall–Kier alpha value is -1.81. The second-order valence-corrected chi connectivity index (χ2v) is 5.89. The third-order valence-electron chi connectivity index (χ3n) is 3.57. The number of carboxylic acid groups (broad SMARTS) is 1. The molecule has 0 saturated carbocycles. The number of aromatic carboxylic acids is 1. The van der Waals surface area contributed by atoms with E-state index in [1.54, 1.807) is 6.07 Å². The van der Waals surface area contributed by atoms with Gasteiger partial charge < -0.3 is 10.8 Å². The normalized spacial score (nSPS) is 10.7. The predicted octanol–water partition coefficient (Wildman–Crippen LogP) is 3.93.